The van der Waals surface area contributed by atoms with Crippen LogP contribution in [0.1, 0.15) is 13.8 Å². The zero-order valence-corrected chi connectivity index (χ0v) is 9.10. The van der Waals surface area contributed by atoms with Crippen LogP contribution >= 0.6 is 11.8 Å². The van der Waals surface area contributed by atoms with Gasteiger partial charge >= 0.3 is 0 Å². The van der Waals surface area contributed by atoms with E-state index in [9.17, 15) is 0 Å². The topological polar surface area (TPSA) is 0 Å². The molecule has 0 atom stereocenters. The van der Waals surface area contributed by atoms with Gasteiger partial charge in [-0.1, -0.05) is 55.3 Å². The van der Waals surface area contributed by atoms with E-state index in [4.69, 9.17) is 0 Å². The van der Waals surface area contributed by atoms with Gasteiger partial charge in [0.25, 0.3) is 0 Å². The largest absolute Gasteiger partial charge is 0.0980 e. The summed E-state index contributed by atoms with van der Waals surface area (Å²) in [7, 11) is 0. The molecule has 70 valence electrons. The molecule has 0 heterocycles. The fourth-order valence-corrected chi connectivity index (χ4v) is 1.39. The SMILES string of the molecule is C=C/C(=C\C)S/C(C=C)=C/C=C\C. The Bertz CT molecular complexity index is 254. The minimum atomic E-state index is 1.13. The third kappa shape index (κ3) is 5.31. The van der Waals surface area contributed by atoms with Crippen molar-refractivity contribution in [1.82, 2.24) is 0 Å². The van der Waals surface area contributed by atoms with Gasteiger partial charge in [-0.15, -0.1) is 0 Å². The van der Waals surface area contributed by atoms with Crippen LogP contribution in [0.3, 0.4) is 0 Å². The van der Waals surface area contributed by atoms with Crippen molar-refractivity contribution in [2.45, 2.75) is 13.8 Å². The van der Waals surface area contributed by atoms with Crippen LogP contribution < -0.4 is 0 Å². The second-order valence-electron chi connectivity index (χ2n) is 2.30. The van der Waals surface area contributed by atoms with E-state index >= 15 is 0 Å². The van der Waals surface area contributed by atoms with Crippen LogP contribution in [0, 0.1) is 0 Å². The summed E-state index contributed by atoms with van der Waals surface area (Å²) in [5.74, 6) is 0. The fourth-order valence-electron chi connectivity index (χ4n) is 0.689. The second-order valence-corrected chi connectivity index (χ2v) is 3.44. The number of rotatable bonds is 5. The molecule has 0 aromatic carbocycles. The molecule has 0 N–H and O–H groups in total. The minimum absolute atomic E-state index is 1.13. The van der Waals surface area contributed by atoms with Crippen LogP contribution in [0.2, 0.25) is 0 Å². The molecule has 13 heavy (non-hydrogen) atoms. The lowest BCUT2D eigenvalue weighted by atomic mass is 10.4. The van der Waals surface area contributed by atoms with Crippen LogP contribution in [-0.4, -0.2) is 0 Å². The lowest BCUT2D eigenvalue weighted by molar-refractivity contribution is 1.70. The average molecular weight is 192 g/mol. The van der Waals surface area contributed by atoms with E-state index in [-0.39, 0.29) is 0 Å². The summed E-state index contributed by atoms with van der Waals surface area (Å²) in [6.45, 7) is 11.5. The molecule has 1 heteroatoms. The van der Waals surface area contributed by atoms with Gasteiger partial charge in [0.05, 0.1) is 0 Å². The summed E-state index contributed by atoms with van der Waals surface area (Å²) in [5, 5.41) is 0. The first-order valence-electron chi connectivity index (χ1n) is 4.20. The number of hydrogen-bond donors (Lipinski definition) is 0. The first-order valence-corrected chi connectivity index (χ1v) is 5.02. The lowest BCUT2D eigenvalue weighted by Crippen LogP contribution is -1.71. The standard InChI is InChI=1S/C12H16S/c1-5-9-10-12(8-4)13-11(6-2)7-3/h5-10H,2,4H2,1,3H3/b9-5-,11-7+,12-10+. The molecule has 0 saturated carbocycles. The number of allylic oxidation sites excluding steroid dienone is 6. The molecule has 0 bridgehead atoms. The van der Waals surface area contributed by atoms with Crippen LogP contribution in [-0.2, 0) is 0 Å². The maximum atomic E-state index is 3.75. The van der Waals surface area contributed by atoms with E-state index in [2.05, 4.69) is 13.2 Å². The van der Waals surface area contributed by atoms with E-state index < -0.39 is 0 Å². The van der Waals surface area contributed by atoms with E-state index in [1.165, 1.54) is 0 Å². The molecular formula is C12H16S. The molecule has 0 aromatic heterocycles. The predicted octanol–water partition coefficient (Wildman–Crippen LogP) is 4.46. The molecule has 0 spiro atoms. The molecule has 0 aromatic rings. The zero-order valence-electron chi connectivity index (χ0n) is 8.29. The maximum absolute atomic E-state index is 3.75. The molecular weight excluding hydrogens is 176 g/mol. The number of hydrogen-bond acceptors (Lipinski definition) is 1. The Balaban J connectivity index is 4.45. The molecule has 0 radical (unpaired) electrons. The third-order valence-corrected chi connectivity index (χ3v) is 2.55. The molecule has 0 fully saturated rings. The summed E-state index contributed by atoms with van der Waals surface area (Å²) in [4.78, 5) is 2.28. The zero-order chi connectivity index (χ0) is 10.1. The maximum Gasteiger partial charge on any atom is 0.0116 e. The molecule has 0 nitrogen and oxygen atoms in total. The molecule has 0 unspecified atom stereocenters. The predicted molar refractivity (Wildman–Crippen MR) is 64.6 cm³/mol. The third-order valence-electron chi connectivity index (χ3n) is 1.38. The second kappa shape index (κ2) is 7.69. The molecule has 0 amide bonds. The normalized spacial score (nSPS) is 13.4. The van der Waals surface area contributed by atoms with Gasteiger partial charge < -0.3 is 0 Å². The average Bonchev–Trinajstić information content (AvgIpc) is 2.19. The Morgan fingerprint density at radius 2 is 1.69 bits per heavy atom. The van der Waals surface area contributed by atoms with E-state index in [1.54, 1.807) is 11.8 Å². The van der Waals surface area contributed by atoms with Gasteiger partial charge in [-0.3, -0.25) is 0 Å². The molecule has 0 aliphatic rings. The first kappa shape index (κ1) is 12.0. The Morgan fingerprint density at radius 1 is 1.08 bits per heavy atom. The highest BCUT2D eigenvalue weighted by atomic mass is 32.2. The van der Waals surface area contributed by atoms with Gasteiger partial charge in [0.1, 0.15) is 0 Å². The Morgan fingerprint density at radius 3 is 2.08 bits per heavy atom. The fraction of sp³-hybridized carbons (Fsp3) is 0.167. The summed E-state index contributed by atoms with van der Waals surface area (Å²) in [6.07, 6.45) is 11.7. The lowest BCUT2D eigenvalue weighted by Gasteiger charge is -2.00. The summed E-state index contributed by atoms with van der Waals surface area (Å²) >= 11 is 1.66. The van der Waals surface area contributed by atoms with Crippen molar-refractivity contribution in [3.05, 3.63) is 59.4 Å². The highest BCUT2D eigenvalue weighted by Crippen LogP contribution is 2.26. The van der Waals surface area contributed by atoms with E-state index in [1.807, 2.05) is 50.3 Å². The van der Waals surface area contributed by atoms with Crippen LogP contribution in [0.5, 0.6) is 0 Å². The quantitative estimate of drug-likeness (QED) is 0.580. The molecule has 0 saturated heterocycles. The van der Waals surface area contributed by atoms with Crippen molar-refractivity contribution in [2.24, 2.45) is 0 Å². The summed E-state index contributed by atoms with van der Waals surface area (Å²) in [5.41, 5.74) is 0. The monoisotopic (exact) mass is 192 g/mol. The van der Waals surface area contributed by atoms with Crippen molar-refractivity contribution in [1.29, 1.82) is 0 Å². The van der Waals surface area contributed by atoms with Gasteiger partial charge in [0.2, 0.25) is 0 Å². The highest BCUT2D eigenvalue weighted by Gasteiger charge is 1.93. The Hall–Kier alpha value is -0.950. The van der Waals surface area contributed by atoms with Crippen molar-refractivity contribution >= 4 is 11.8 Å². The minimum Gasteiger partial charge on any atom is -0.0980 e. The van der Waals surface area contributed by atoms with Crippen molar-refractivity contribution in [3.8, 4) is 0 Å². The van der Waals surface area contributed by atoms with E-state index in [0.29, 0.717) is 0 Å². The smallest absolute Gasteiger partial charge is 0.0116 e. The molecule has 0 aliphatic heterocycles. The van der Waals surface area contributed by atoms with Crippen molar-refractivity contribution in [2.75, 3.05) is 0 Å². The molecule has 0 aliphatic carbocycles. The van der Waals surface area contributed by atoms with Crippen LogP contribution in [0.25, 0.3) is 0 Å². The van der Waals surface area contributed by atoms with Gasteiger partial charge in [-0.05, 0) is 19.9 Å². The van der Waals surface area contributed by atoms with Crippen LogP contribution in [0.4, 0.5) is 0 Å². The van der Waals surface area contributed by atoms with Gasteiger partial charge in [0, 0.05) is 9.81 Å². The molecule has 0 rings (SSSR count). The van der Waals surface area contributed by atoms with Crippen molar-refractivity contribution < 1.29 is 0 Å². The first-order chi connectivity index (χ1) is 6.28. The summed E-state index contributed by atoms with van der Waals surface area (Å²) in [6, 6.07) is 0. The van der Waals surface area contributed by atoms with E-state index in [0.717, 1.165) is 9.81 Å². The van der Waals surface area contributed by atoms with Crippen molar-refractivity contribution in [3.63, 3.8) is 0 Å². The number of thioether (sulfide) groups is 1. The van der Waals surface area contributed by atoms with Gasteiger partial charge in [-0.25, -0.2) is 0 Å². The Labute approximate surface area is 85.4 Å². The van der Waals surface area contributed by atoms with Crippen LogP contribution in [0.15, 0.2) is 59.4 Å². The summed E-state index contributed by atoms with van der Waals surface area (Å²) < 4.78 is 0. The Kier molecular flexibility index (Phi) is 7.12. The highest BCUT2D eigenvalue weighted by molar-refractivity contribution is 8.07. The van der Waals surface area contributed by atoms with Gasteiger partial charge in [-0.2, -0.15) is 0 Å². The van der Waals surface area contributed by atoms with Gasteiger partial charge in [0.15, 0.2) is 0 Å².